The Morgan fingerprint density at radius 2 is 2.14 bits per heavy atom. The average Bonchev–Trinajstić information content (AvgIpc) is 2.86. The summed E-state index contributed by atoms with van der Waals surface area (Å²) >= 11 is 0. The summed E-state index contributed by atoms with van der Waals surface area (Å²) in [6.45, 7) is 7.76. The van der Waals surface area contributed by atoms with Gasteiger partial charge in [0.05, 0.1) is 10.6 Å². The molecule has 1 heterocycles. The molecule has 0 radical (unpaired) electrons. The zero-order valence-corrected chi connectivity index (χ0v) is 12.5. The number of nitro groups is 1. The average molecular weight is 288 g/mol. The summed E-state index contributed by atoms with van der Waals surface area (Å²) in [6, 6.07) is 6.90. The van der Waals surface area contributed by atoms with Gasteiger partial charge in [0.2, 0.25) is 0 Å². The fourth-order valence-electron chi connectivity index (χ4n) is 2.05. The van der Waals surface area contributed by atoms with E-state index in [-0.39, 0.29) is 10.6 Å². The van der Waals surface area contributed by atoms with Crippen LogP contribution in [0.3, 0.4) is 0 Å². The van der Waals surface area contributed by atoms with Crippen LogP contribution in [0.15, 0.2) is 30.5 Å². The second-order valence-corrected chi connectivity index (χ2v) is 5.53. The van der Waals surface area contributed by atoms with Gasteiger partial charge in [-0.3, -0.25) is 10.1 Å². The van der Waals surface area contributed by atoms with Crippen molar-refractivity contribution in [3.8, 4) is 5.69 Å². The van der Waals surface area contributed by atoms with Gasteiger partial charge in [0, 0.05) is 18.8 Å². The first-order chi connectivity index (χ1) is 9.97. The van der Waals surface area contributed by atoms with Crippen molar-refractivity contribution in [2.24, 2.45) is 5.92 Å². The zero-order valence-electron chi connectivity index (χ0n) is 12.5. The minimum Gasteiger partial charge on any atom is -0.311 e. The molecule has 0 spiro atoms. The molecular weight excluding hydrogens is 268 g/mol. The highest BCUT2D eigenvalue weighted by Gasteiger charge is 2.16. The molecule has 0 aliphatic carbocycles. The Morgan fingerprint density at radius 3 is 2.81 bits per heavy atom. The van der Waals surface area contributed by atoms with Crippen LogP contribution in [0.4, 0.5) is 5.69 Å². The zero-order chi connectivity index (χ0) is 15.4. The summed E-state index contributed by atoms with van der Waals surface area (Å²) in [6.07, 6.45) is 1.76. The van der Waals surface area contributed by atoms with Crippen LogP contribution in [0.1, 0.15) is 25.1 Å². The Kier molecular flexibility index (Phi) is 4.70. The molecule has 0 saturated heterocycles. The molecule has 1 N–H and O–H groups in total. The van der Waals surface area contributed by atoms with Gasteiger partial charge in [0.1, 0.15) is 5.69 Å². The number of nitrogens with one attached hydrogen (secondary N) is 1. The van der Waals surface area contributed by atoms with E-state index in [9.17, 15) is 10.1 Å². The van der Waals surface area contributed by atoms with E-state index in [1.807, 2.05) is 13.0 Å². The predicted molar refractivity (Wildman–Crippen MR) is 81.5 cm³/mol. The predicted octanol–water partition coefficient (Wildman–Crippen LogP) is 2.83. The minimum absolute atomic E-state index is 0.0605. The first kappa shape index (κ1) is 15.2. The quantitative estimate of drug-likeness (QED) is 0.655. The maximum absolute atomic E-state index is 11.1. The van der Waals surface area contributed by atoms with Crippen molar-refractivity contribution >= 4 is 5.69 Å². The minimum atomic E-state index is -0.382. The summed E-state index contributed by atoms with van der Waals surface area (Å²) in [7, 11) is 0. The Balaban J connectivity index is 2.21. The monoisotopic (exact) mass is 288 g/mol. The van der Waals surface area contributed by atoms with Crippen LogP contribution in [0.5, 0.6) is 0 Å². The van der Waals surface area contributed by atoms with Crippen molar-refractivity contribution in [2.75, 3.05) is 6.54 Å². The highest BCUT2D eigenvalue weighted by atomic mass is 16.6. The lowest BCUT2D eigenvalue weighted by Crippen LogP contribution is -2.19. The van der Waals surface area contributed by atoms with Crippen LogP contribution >= 0.6 is 0 Å². The van der Waals surface area contributed by atoms with E-state index in [1.54, 1.807) is 23.0 Å². The molecule has 0 fully saturated rings. The van der Waals surface area contributed by atoms with E-state index in [0.717, 1.165) is 17.8 Å². The Labute approximate surface area is 123 Å². The Hall–Kier alpha value is -2.21. The lowest BCUT2D eigenvalue weighted by molar-refractivity contribution is -0.384. The number of nitrogens with zero attached hydrogens (tertiary/aromatic N) is 3. The molecule has 112 valence electrons. The molecule has 2 rings (SSSR count). The fraction of sp³-hybridized carbons (Fsp3) is 0.400. The maximum atomic E-state index is 11.1. The van der Waals surface area contributed by atoms with E-state index < -0.39 is 0 Å². The van der Waals surface area contributed by atoms with Crippen LogP contribution in [0.25, 0.3) is 5.69 Å². The van der Waals surface area contributed by atoms with Gasteiger partial charge in [-0.25, -0.2) is 4.68 Å². The van der Waals surface area contributed by atoms with E-state index in [4.69, 9.17) is 0 Å². The molecular formula is C15H20N4O2. The molecule has 0 aliphatic heterocycles. The first-order valence-corrected chi connectivity index (χ1v) is 6.98. The van der Waals surface area contributed by atoms with Crippen LogP contribution in [0.2, 0.25) is 0 Å². The lowest BCUT2D eigenvalue weighted by atomic mass is 10.2. The SMILES string of the molecule is Cc1ccc([N+](=O)[O-])c(-n2ccc(CNCC(C)C)n2)c1. The number of aryl methyl sites for hydroxylation is 1. The highest BCUT2D eigenvalue weighted by Crippen LogP contribution is 2.23. The number of benzene rings is 1. The normalized spacial score (nSPS) is 11.0. The molecule has 6 heteroatoms. The van der Waals surface area contributed by atoms with Gasteiger partial charge in [0.15, 0.2) is 0 Å². The third-order valence-electron chi connectivity index (χ3n) is 3.08. The third-order valence-corrected chi connectivity index (χ3v) is 3.08. The van der Waals surface area contributed by atoms with Crippen LogP contribution in [-0.4, -0.2) is 21.2 Å². The summed E-state index contributed by atoms with van der Waals surface area (Å²) in [5, 5.41) is 18.8. The lowest BCUT2D eigenvalue weighted by Gasteiger charge is -2.06. The third kappa shape index (κ3) is 3.88. The molecule has 0 aliphatic rings. The molecule has 2 aromatic rings. The topological polar surface area (TPSA) is 73.0 Å². The first-order valence-electron chi connectivity index (χ1n) is 6.98. The van der Waals surface area contributed by atoms with Gasteiger partial charge in [-0.15, -0.1) is 0 Å². The number of rotatable bonds is 6. The molecule has 0 atom stereocenters. The van der Waals surface area contributed by atoms with Crippen molar-refractivity contribution in [3.63, 3.8) is 0 Å². The van der Waals surface area contributed by atoms with Crippen molar-refractivity contribution in [3.05, 3.63) is 51.8 Å². The van der Waals surface area contributed by atoms with Gasteiger partial charge in [0.25, 0.3) is 5.69 Å². The molecule has 1 aromatic carbocycles. The van der Waals surface area contributed by atoms with E-state index >= 15 is 0 Å². The molecule has 0 bridgehead atoms. The van der Waals surface area contributed by atoms with Gasteiger partial charge in [-0.2, -0.15) is 5.10 Å². The Morgan fingerprint density at radius 1 is 1.38 bits per heavy atom. The molecule has 0 saturated carbocycles. The smallest absolute Gasteiger partial charge is 0.294 e. The van der Waals surface area contributed by atoms with Crippen LogP contribution in [0, 0.1) is 23.0 Å². The van der Waals surface area contributed by atoms with Crippen molar-refractivity contribution in [1.29, 1.82) is 0 Å². The van der Waals surface area contributed by atoms with Gasteiger partial charge >= 0.3 is 0 Å². The Bertz CT molecular complexity index is 634. The van der Waals surface area contributed by atoms with Crippen molar-refractivity contribution in [2.45, 2.75) is 27.3 Å². The van der Waals surface area contributed by atoms with Gasteiger partial charge in [-0.05, 0) is 37.1 Å². The second-order valence-electron chi connectivity index (χ2n) is 5.53. The second kappa shape index (κ2) is 6.49. The standard InChI is InChI=1S/C15H20N4O2/c1-11(2)9-16-10-13-6-7-18(17-13)15-8-12(3)4-5-14(15)19(20)21/h4-8,11,16H,9-10H2,1-3H3. The fourth-order valence-corrected chi connectivity index (χ4v) is 2.05. The summed E-state index contributed by atoms with van der Waals surface area (Å²) < 4.78 is 1.57. The number of aromatic nitrogens is 2. The van der Waals surface area contributed by atoms with Crippen molar-refractivity contribution < 1.29 is 4.92 Å². The summed E-state index contributed by atoms with van der Waals surface area (Å²) in [5.74, 6) is 0.574. The summed E-state index contributed by atoms with van der Waals surface area (Å²) in [4.78, 5) is 10.7. The number of nitro benzene ring substituents is 1. The molecule has 0 unspecified atom stereocenters. The van der Waals surface area contributed by atoms with Gasteiger partial charge < -0.3 is 5.32 Å². The number of hydrogen-bond donors (Lipinski definition) is 1. The molecule has 21 heavy (non-hydrogen) atoms. The van der Waals surface area contributed by atoms with E-state index in [1.165, 1.54) is 6.07 Å². The van der Waals surface area contributed by atoms with Crippen molar-refractivity contribution in [1.82, 2.24) is 15.1 Å². The largest absolute Gasteiger partial charge is 0.311 e. The molecule has 0 amide bonds. The molecule has 6 nitrogen and oxygen atoms in total. The highest BCUT2D eigenvalue weighted by molar-refractivity contribution is 5.53. The van der Waals surface area contributed by atoms with Gasteiger partial charge in [-0.1, -0.05) is 19.9 Å². The van der Waals surface area contributed by atoms with E-state index in [0.29, 0.717) is 18.2 Å². The molecule has 1 aromatic heterocycles. The maximum Gasteiger partial charge on any atom is 0.294 e. The van der Waals surface area contributed by atoms with E-state index in [2.05, 4.69) is 24.3 Å². The van der Waals surface area contributed by atoms with Crippen LogP contribution in [-0.2, 0) is 6.54 Å². The summed E-state index contributed by atoms with van der Waals surface area (Å²) in [5.41, 5.74) is 2.39. The van der Waals surface area contributed by atoms with Crippen LogP contribution < -0.4 is 5.32 Å². The number of hydrogen-bond acceptors (Lipinski definition) is 4.